The summed E-state index contributed by atoms with van der Waals surface area (Å²) in [6, 6.07) is 2.71. The lowest BCUT2D eigenvalue weighted by Gasteiger charge is -2.43. The molecule has 0 aromatic rings. The van der Waals surface area contributed by atoms with Crippen LogP contribution < -0.4 is 5.73 Å². The normalized spacial score (nSPS) is 36.9. The van der Waals surface area contributed by atoms with Crippen molar-refractivity contribution in [3.63, 3.8) is 0 Å². The van der Waals surface area contributed by atoms with Gasteiger partial charge in [-0.1, -0.05) is 13.8 Å². The second kappa shape index (κ2) is 4.51. The molecule has 4 atom stereocenters. The Hall–Kier alpha value is -0.590. The molecule has 4 unspecified atom stereocenters. The van der Waals surface area contributed by atoms with Crippen molar-refractivity contribution in [2.24, 2.45) is 17.6 Å². The predicted molar refractivity (Wildman–Crippen MR) is 62.2 cm³/mol. The summed E-state index contributed by atoms with van der Waals surface area (Å²) < 4.78 is 0. The molecule has 0 aromatic heterocycles. The van der Waals surface area contributed by atoms with Gasteiger partial charge in [-0.3, -0.25) is 4.90 Å². The molecule has 86 valence electrons. The third kappa shape index (κ3) is 3.19. The first-order valence-electron chi connectivity index (χ1n) is 5.80. The molecule has 1 rings (SSSR count). The average molecular weight is 209 g/mol. The fourth-order valence-corrected chi connectivity index (χ4v) is 2.50. The Labute approximate surface area is 93.2 Å². The second-order valence-electron chi connectivity index (χ2n) is 5.52. The Kier molecular flexibility index (Phi) is 3.75. The van der Waals surface area contributed by atoms with Crippen molar-refractivity contribution < 1.29 is 0 Å². The first-order valence-corrected chi connectivity index (χ1v) is 5.80. The van der Waals surface area contributed by atoms with Crippen molar-refractivity contribution in [1.82, 2.24) is 4.90 Å². The van der Waals surface area contributed by atoms with Crippen LogP contribution in [0.3, 0.4) is 0 Å². The molecule has 15 heavy (non-hydrogen) atoms. The van der Waals surface area contributed by atoms with Crippen LogP contribution in [-0.2, 0) is 0 Å². The van der Waals surface area contributed by atoms with Gasteiger partial charge in [0.1, 0.15) is 5.54 Å². The Morgan fingerprint density at radius 1 is 1.47 bits per heavy atom. The summed E-state index contributed by atoms with van der Waals surface area (Å²) in [4.78, 5) is 2.36. The van der Waals surface area contributed by atoms with Crippen LogP contribution in [0.5, 0.6) is 0 Å². The maximum absolute atomic E-state index is 8.94. The molecule has 0 saturated carbocycles. The zero-order valence-corrected chi connectivity index (χ0v) is 10.3. The van der Waals surface area contributed by atoms with E-state index < -0.39 is 5.54 Å². The van der Waals surface area contributed by atoms with E-state index in [1.54, 1.807) is 0 Å². The van der Waals surface area contributed by atoms with E-state index in [9.17, 15) is 0 Å². The van der Waals surface area contributed by atoms with Gasteiger partial charge in [0, 0.05) is 19.1 Å². The number of piperidine rings is 1. The summed E-state index contributed by atoms with van der Waals surface area (Å²) in [7, 11) is 0. The molecule has 1 saturated heterocycles. The quantitative estimate of drug-likeness (QED) is 0.751. The van der Waals surface area contributed by atoms with E-state index in [0.29, 0.717) is 24.4 Å². The van der Waals surface area contributed by atoms with E-state index in [1.807, 2.05) is 6.92 Å². The van der Waals surface area contributed by atoms with Gasteiger partial charge in [-0.15, -0.1) is 0 Å². The van der Waals surface area contributed by atoms with Gasteiger partial charge in [0.15, 0.2) is 0 Å². The molecule has 0 aromatic carbocycles. The van der Waals surface area contributed by atoms with E-state index in [4.69, 9.17) is 11.0 Å². The van der Waals surface area contributed by atoms with Crippen LogP contribution in [0.1, 0.15) is 34.1 Å². The molecule has 3 nitrogen and oxygen atoms in total. The van der Waals surface area contributed by atoms with Crippen molar-refractivity contribution in [1.29, 1.82) is 5.26 Å². The molecule has 3 heteroatoms. The lowest BCUT2D eigenvalue weighted by atomic mass is 9.85. The number of nitriles is 1. The number of hydrogen-bond donors (Lipinski definition) is 1. The molecule has 0 bridgehead atoms. The minimum atomic E-state index is -0.717. The lowest BCUT2D eigenvalue weighted by molar-refractivity contribution is 0.0685. The highest BCUT2D eigenvalue weighted by Gasteiger charge is 2.32. The van der Waals surface area contributed by atoms with Crippen LogP contribution in [0, 0.1) is 23.2 Å². The average Bonchev–Trinajstić information content (AvgIpc) is 2.13. The van der Waals surface area contributed by atoms with Gasteiger partial charge in [0.05, 0.1) is 6.07 Å². The molecule has 2 N–H and O–H groups in total. The standard InChI is InChI=1S/C12H23N3/c1-9-5-10(2)11(3)15(6-9)8-12(4,14)7-13/h9-11H,5-6,8,14H2,1-4H3. The molecule has 1 heterocycles. The molecule has 0 amide bonds. The molecule has 0 aliphatic carbocycles. The summed E-state index contributed by atoms with van der Waals surface area (Å²) in [6.45, 7) is 10.4. The molecular weight excluding hydrogens is 186 g/mol. The smallest absolute Gasteiger partial charge is 0.114 e. The third-order valence-corrected chi connectivity index (χ3v) is 3.51. The minimum absolute atomic E-state index is 0.539. The van der Waals surface area contributed by atoms with Crippen LogP contribution in [0.15, 0.2) is 0 Å². The van der Waals surface area contributed by atoms with Crippen LogP contribution in [-0.4, -0.2) is 29.6 Å². The Morgan fingerprint density at radius 2 is 2.07 bits per heavy atom. The fourth-order valence-electron chi connectivity index (χ4n) is 2.50. The highest BCUT2D eigenvalue weighted by molar-refractivity contribution is 5.04. The molecule has 1 aliphatic heterocycles. The maximum atomic E-state index is 8.94. The lowest BCUT2D eigenvalue weighted by Crippen LogP contribution is -2.54. The summed E-state index contributed by atoms with van der Waals surface area (Å²) in [5, 5.41) is 8.94. The highest BCUT2D eigenvalue weighted by atomic mass is 15.2. The van der Waals surface area contributed by atoms with Gasteiger partial charge in [-0.25, -0.2) is 0 Å². The van der Waals surface area contributed by atoms with Gasteiger partial charge in [0.2, 0.25) is 0 Å². The minimum Gasteiger partial charge on any atom is -0.313 e. The number of nitrogens with zero attached hydrogens (tertiary/aromatic N) is 2. The maximum Gasteiger partial charge on any atom is 0.114 e. The van der Waals surface area contributed by atoms with Crippen molar-refractivity contribution in [3.8, 4) is 6.07 Å². The summed E-state index contributed by atoms with van der Waals surface area (Å²) in [5.41, 5.74) is 5.18. The van der Waals surface area contributed by atoms with Gasteiger partial charge in [0.25, 0.3) is 0 Å². The van der Waals surface area contributed by atoms with Crippen molar-refractivity contribution >= 4 is 0 Å². The Morgan fingerprint density at radius 3 is 2.60 bits per heavy atom. The van der Waals surface area contributed by atoms with Crippen molar-refractivity contribution in [2.75, 3.05) is 13.1 Å². The summed E-state index contributed by atoms with van der Waals surface area (Å²) in [5.74, 6) is 1.41. The first kappa shape index (κ1) is 12.5. The molecule has 1 aliphatic rings. The van der Waals surface area contributed by atoms with E-state index in [-0.39, 0.29) is 0 Å². The Bertz CT molecular complexity index is 254. The zero-order valence-electron chi connectivity index (χ0n) is 10.3. The summed E-state index contributed by atoms with van der Waals surface area (Å²) in [6.07, 6.45) is 1.28. The SMILES string of the molecule is CC1CC(C)C(C)N(CC(C)(N)C#N)C1. The monoisotopic (exact) mass is 209 g/mol. The van der Waals surface area contributed by atoms with E-state index >= 15 is 0 Å². The van der Waals surface area contributed by atoms with Crippen LogP contribution in [0.25, 0.3) is 0 Å². The third-order valence-electron chi connectivity index (χ3n) is 3.51. The topological polar surface area (TPSA) is 53.0 Å². The van der Waals surface area contributed by atoms with Gasteiger partial charge >= 0.3 is 0 Å². The van der Waals surface area contributed by atoms with Gasteiger partial charge in [-0.05, 0) is 32.1 Å². The number of hydrogen-bond acceptors (Lipinski definition) is 3. The zero-order chi connectivity index (χ0) is 11.6. The molecule has 0 spiro atoms. The van der Waals surface area contributed by atoms with E-state index in [0.717, 1.165) is 6.54 Å². The molecular formula is C12H23N3. The largest absolute Gasteiger partial charge is 0.313 e. The Balaban J connectivity index is 2.64. The number of likely N-dealkylation sites (tertiary alicyclic amines) is 1. The summed E-state index contributed by atoms with van der Waals surface area (Å²) >= 11 is 0. The number of nitrogens with two attached hydrogens (primary N) is 1. The molecule has 0 radical (unpaired) electrons. The molecule has 1 fully saturated rings. The number of rotatable bonds is 2. The highest BCUT2D eigenvalue weighted by Crippen LogP contribution is 2.27. The second-order valence-corrected chi connectivity index (χ2v) is 5.52. The van der Waals surface area contributed by atoms with Crippen molar-refractivity contribution in [2.45, 2.75) is 45.7 Å². The van der Waals surface area contributed by atoms with Crippen LogP contribution in [0.4, 0.5) is 0 Å². The predicted octanol–water partition coefficient (Wildman–Crippen LogP) is 1.59. The fraction of sp³-hybridized carbons (Fsp3) is 0.917. The van der Waals surface area contributed by atoms with Gasteiger partial charge < -0.3 is 5.73 Å². The van der Waals surface area contributed by atoms with Crippen LogP contribution in [0.2, 0.25) is 0 Å². The van der Waals surface area contributed by atoms with Crippen LogP contribution >= 0.6 is 0 Å². The van der Waals surface area contributed by atoms with Gasteiger partial charge in [-0.2, -0.15) is 5.26 Å². The van der Waals surface area contributed by atoms with Crippen molar-refractivity contribution in [3.05, 3.63) is 0 Å². The van der Waals surface area contributed by atoms with E-state index in [2.05, 4.69) is 31.7 Å². The van der Waals surface area contributed by atoms with E-state index in [1.165, 1.54) is 6.42 Å². The first-order chi connectivity index (χ1) is 6.85.